The molecule has 82 valence electrons. The highest BCUT2D eigenvalue weighted by atomic mass is 35.5. The fourth-order valence-corrected chi connectivity index (χ4v) is 2.34. The van der Waals surface area contributed by atoms with Crippen LogP contribution in [0.1, 0.15) is 32.1 Å². The first-order valence-corrected chi connectivity index (χ1v) is 5.41. The van der Waals surface area contributed by atoms with E-state index in [0.29, 0.717) is 30.7 Å². The van der Waals surface area contributed by atoms with Crippen LogP contribution in [0.5, 0.6) is 0 Å². The second-order valence-corrected chi connectivity index (χ2v) is 4.50. The van der Waals surface area contributed by atoms with Crippen molar-refractivity contribution in [3.8, 4) is 0 Å². The van der Waals surface area contributed by atoms with Crippen LogP contribution in [-0.4, -0.2) is 11.6 Å². The molecule has 0 radical (unpaired) electrons. The average Bonchev–Trinajstić information content (AvgIpc) is 2.13. The lowest BCUT2D eigenvalue weighted by Crippen LogP contribution is -2.42. The van der Waals surface area contributed by atoms with Gasteiger partial charge in [-0.25, -0.2) is 0 Å². The quantitative estimate of drug-likeness (QED) is 0.546. The molecule has 2 nitrogen and oxygen atoms in total. The number of carbonyl (C=O) groups is 2. The van der Waals surface area contributed by atoms with E-state index >= 15 is 0 Å². The van der Waals surface area contributed by atoms with Gasteiger partial charge in [0.1, 0.15) is 11.6 Å². The Balaban J connectivity index is 3.03. The molecule has 3 heteroatoms. The van der Waals surface area contributed by atoms with E-state index < -0.39 is 5.41 Å². The van der Waals surface area contributed by atoms with Crippen molar-refractivity contribution in [2.45, 2.75) is 32.1 Å². The van der Waals surface area contributed by atoms with Crippen LogP contribution in [0.15, 0.2) is 24.3 Å². The molecule has 0 spiro atoms. The molecule has 0 aromatic carbocycles. The molecule has 1 saturated carbocycles. The van der Waals surface area contributed by atoms with Crippen molar-refractivity contribution >= 4 is 23.2 Å². The summed E-state index contributed by atoms with van der Waals surface area (Å²) >= 11 is 5.73. The number of Topliss-reactive ketones (excluding diaryl/α,β-unsaturated/α-hetero) is 2. The van der Waals surface area contributed by atoms with Crippen molar-refractivity contribution in [2.24, 2.45) is 5.41 Å². The summed E-state index contributed by atoms with van der Waals surface area (Å²) in [4.78, 5) is 23.8. The normalized spacial score (nSPS) is 20.1. The minimum absolute atomic E-state index is 0.0135. The highest BCUT2D eigenvalue weighted by Crippen LogP contribution is 2.39. The van der Waals surface area contributed by atoms with Crippen LogP contribution in [0, 0.1) is 5.41 Å². The zero-order chi connectivity index (χ0) is 11.5. The van der Waals surface area contributed by atoms with E-state index in [1.165, 1.54) is 0 Å². The predicted molar refractivity (Wildman–Crippen MR) is 60.7 cm³/mol. The van der Waals surface area contributed by atoms with Gasteiger partial charge in [-0.15, -0.1) is 6.58 Å². The number of allylic oxidation sites excluding steroid dienone is 2. The second kappa shape index (κ2) is 4.75. The van der Waals surface area contributed by atoms with Gasteiger partial charge in [-0.1, -0.05) is 24.3 Å². The summed E-state index contributed by atoms with van der Waals surface area (Å²) in [5.74, 6) is -0.0269. The SMILES string of the molecule is C=CCC1(CC(=C)Cl)C(=O)CCCC1=O. The highest BCUT2D eigenvalue weighted by molar-refractivity contribution is 6.30. The van der Waals surface area contributed by atoms with E-state index in [4.69, 9.17) is 11.6 Å². The van der Waals surface area contributed by atoms with E-state index in [-0.39, 0.29) is 18.0 Å². The lowest BCUT2D eigenvalue weighted by molar-refractivity contribution is -0.143. The maximum Gasteiger partial charge on any atom is 0.147 e. The lowest BCUT2D eigenvalue weighted by Gasteiger charge is -2.33. The van der Waals surface area contributed by atoms with Gasteiger partial charge in [-0.3, -0.25) is 9.59 Å². The van der Waals surface area contributed by atoms with Crippen LogP contribution < -0.4 is 0 Å². The van der Waals surface area contributed by atoms with E-state index in [9.17, 15) is 9.59 Å². The van der Waals surface area contributed by atoms with Gasteiger partial charge in [-0.05, 0) is 12.8 Å². The molecule has 1 aliphatic rings. The van der Waals surface area contributed by atoms with Gasteiger partial charge >= 0.3 is 0 Å². The first-order valence-electron chi connectivity index (χ1n) is 5.04. The lowest BCUT2D eigenvalue weighted by atomic mass is 9.68. The van der Waals surface area contributed by atoms with E-state index in [2.05, 4.69) is 13.2 Å². The third-order valence-electron chi connectivity index (χ3n) is 2.86. The molecule has 0 aromatic rings. The number of rotatable bonds is 4. The van der Waals surface area contributed by atoms with Gasteiger partial charge in [0, 0.05) is 24.3 Å². The van der Waals surface area contributed by atoms with Gasteiger partial charge in [0.25, 0.3) is 0 Å². The number of carbonyl (C=O) groups excluding carboxylic acids is 2. The molecule has 0 N–H and O–H groups in total. The molecule has 0 atom stereocenters. The molecule has 0 heterocycles. The fourth-order valence-electron chi connectivity index (χ4n) is 2.11. The Bertz CT molecular complexity index is 302. The molecule has 0 aliphatic heterocycles. The first-order chi connectivity index (χ1) is 7.03. The Kier molecular flexibility index (Phi) is 3.86. The number of ketones is 2. The van der Waals surface area contributed by atoms with Gasteiger partial charge in [0.15, 0.2) is 0 Å². The summed E-state index contributed by atoms with van der Waals surface area (Å²) < 4.78 is 0. The van der Waals surface area contributed by atoms with Crippen LogP contribution >= 0.6 is 11.6 Å². The van der Waals surface area contributed by atoms with Gasteiger partial charge in [0.2, 0.25) is 0 Å². The molecule has 0 saturated heterocycles. The second-order valence-electron chi connectivity index (χ2n) is 3.97. The van der Waals surface area contributed by atoms with Crippen molar-refractivity contribution < 1.29 is 9.59 Å². The maximum absolute atomic E-state index is 11.9. The third kappa shape index (κ3) is 2.37. The third-order valence-corrected chi connectivity index (χ3v) is 3.00. The molecule has 0 amide bonds. The Hall–Kier alpha value is -0.890. The molecular weight excluding hydrogens is 212 g/mol. The van der Waals surface area contributed by atoms with Gasteiger partial charge in [-0.2, -0.15) is 0 Å². The predicted octanol–water partition coefficient (Wildman–Crippen LogP) is 3.01. The molecule has 0 bridgehead atoms. The number of hydrogen-bond donors (Lipinski definition) is 0. The smallest absolute Gasteiger partial charge is 0.147 e. The molecule has 1 aliphatic carbocycles. The summed E-state index contributed by atoms with van der Waals surface area (Å²) in [5, 5.41) is 0.362. The van der Waals surface area contributed by atoms with Gasteiger partial charge < -0.3 is 0 Å². The molecule has 1 fully saturated rings. The van der Waals surface area contributed by atoms with Crippen LogP contribution in [0.25, 0.3) is 0 Å². The van der Waals surface area contributed by atoms with Crippen LogP contribution in [-0.2, 0) is 9.59 Å². The van der Waals surface area contributed by atoms with E-state index in [1.807, 2.05) is 0 Å². The molecule has 1 rings (SSSR count). The summed E-state index contributed by atoms with van der Waals surface area (Å²) in [6.07, 6.45) is 3.81. The molecule has 0 aromatic heterocycles. The van der Waals surface area contributed by atoms with E-state index in [0.717, 1.165) is 0 Å². The number of hydrogen-bond acceptors (Lipinski definition) is 2. The minimum atomic E-state index is -0.959. The Morgan fingerprint density at radius 1 is 1.40 bits per heavy atom. The Morgan fingerprint density at radius 3 is 2.33 bits per heavy atom. The zero-order valence-corrected chi connectivity index (χ0v) is 9.48. The van der Waals surface area contributed by atoms with Crippen LogP contribution in [0.3, 0.4) is 0 Å². The number of halogens is 1. The van der Waals surface area contributed by atoms with Gasteiger partial charge in [0.05, 0.1) is 5.41 Å². The van der Waals surface area contributed by atoms with Crippen molar-refractivity contribution in [1.82, 2.24) is 0 Å². The van der Waals surface area contributed by atoms with Crippen molar-refractivity contribution in [1.29, 1.82) is 0 Å². The topological polar surface area (TPSA) is 34.1 Å². The highest BCUT2D eigenvalue weighted by Gasteiger charge is 2.45. The fraction of sp³-hybridized carbons (Fsp3) is 0.500. The zero-order valence-electron chi connectivity index (χ0n) is 8.72. The standard InChI is InChI=1S/C12H15ClO2/c1-3-7-12(8-9(2)13)10(14)5-4-6-11(12)15/h3H,1-2,4-8H2. The van der Waals surface area contributed by atoms with E-state index in [1.54, 1.807) is 6.08 Å². The largest absolute Gasteiger partial charge is 0.299 e. The monoisotopic (exact) mass is 226 g/mol. The summed E-state index contributed by atoms with van der Waals surface area (Å²) in [6.45, 7) is 7.17. The molecule has 0 unspecified atom stereocenters. The summed E-state index contributed by atoms with van der Waals surface area (Å²) in [5.41, 5.74) is -0.959. The van der Waals surface area contributed by atoms with Crippen LogP contribution in [0.2, 0.25) is 0 Å². The first kappa shape index (κ1) is 12.2. The Labute approximate surface area is 95.0 Å². The summed E-state index contributed by atoms with van der Waals surface area (Å²) in [7, 11) is 0. The van der Waals surface area contributed by atoms with Crippen molar-refractivity contribution in [3.63, 3.8) is 0 Å². The van der Waals surface area contributed by atoms with Crippen molar-refractivity contribution in [2.75, 3.05) is 0 Å². The Morgan fingerprint density at radius 2 is 1.93 bits per heavy atom. The molecular formula is C12H15ClO2. The molecule has 15 heavy (non-hydrogen) atoms. The summed E-state index contributed by atoms with van der Waals surface area (Å²) in [6, 6.07) is 0. The van der Waals surface area contributed by atoms with Crippen molar-refractivity contribution in [3.05, 3.63) is 24.3 Å². The average molecular weight is 227 g/mol. The maximum atomic E-state index is 11.9. The van der Waals surface area contributed by atoms with Crippen LogP contribution in [0.4, 0.5) is 0 Å². The minimum Gasteiger partial charge on any atom is -0.299 e.